The van der Waals surface area contributed by atoms with Crippen LogP contribution in [0.3, 0.4) is 0 Å². The third-order valence-electron chi connectivity index (χ3n) is 7.91. The number of nitrogens with one attached hydrogen (secondary N) is 1. The average Bonchev–Trinajstić information content (AvgIpc) is 3.32. The topological polar surface area (TPSA) is 35.5 Å². The standard InChI is InChI=1S/C31H38N2O/c1-2-6-23-17-19-33(22-23)20-18-32-27-12-9-25(10-13-27)31-29(24-7-4-3-5-8-24)15-11-26-21-28(34)14-16-30(26)31/h3-5,7-10,12-14,16,21,23,29,31-32,34H,2,6,11,15,17-20,22H2,1H3/t23-,29-,31+/m1/s1. The zero-order chi connectivity index (χ0) is 23.3. The van der Waals surface area contributed by atoms with E-state index in [0.717, 1.165) is 31.8 Å². The predicted molar refractivity (Wildman–Crippen MR) is 142 cm³/mol. The molecular formula is C31H38N2O. The summed E-state index contributed by atoms with van der Waals surface area (Å²) in [4.78, 5) is 2.61. The number of phenolic OH excluding ortho intramolecular Hbond substituents is 1. The van der Waals surface area contributed by atoms with Gasteiger partial charge >= 0.3 is 0 Å². The number of hydrogen-bond donors (Lipinski definition) is 2. The van der Waals surface area contributed by atoms with Gasteiger partial charge in [0, 0.05) is 31.2 Å². The molecule has 3 nitrogen and oxygen atoms in total. The number of aromatic hydroxyl groups is 1. The van der Waals surface area contributed by atoms with Gasteiger partial charge in [0.25, 0.3) is 0 Å². The maximum atomic E-state index is 10.1. The molecule has 3 heteroatoms. The second kappa shape index (κ2) is 10.7. The van der Waals surface area contributed by atoms with Crippen LogP contribution in [-0.4, -0.2) is 36.2 Å². The van der Waals surface area contributed by atoms with Gasteiger partial charge in [-0.15, -0.1) is 0 Å². The first kappa shape index (κ1) is 23.0. The average molecular weight is 455 g/mol. The van der Waals surface area contributed by atoms with Gasteiger partial charge in [-0.3, -0.25) is 0 Å². The van der Waals surface area contributed by atoms with Gasteiger partial charge in [0.1, 0.15) is 5.75 Å². The van der Waals surface area contributed by atoms with Crippen molar-refractivity contribution in [2.24, 2.45) is 5.92 Å². The fourth-order valence-electron chi connectivity index (χ4n) is 6.20. The van der Waals surface area contributed by atoms with E-state index in [9.17, 15) is 5.11 Å². The number of likely N-dealkylation sites (tertiary alicyclic amines) is 1. The first-order valence-electron chi connectivity index (χ1n) is 13.1. The van der Waals surface area contributed by atoms with Gasteiger partial charge < -0.3 is 15.3 Å². The predicted octanol–water partition coefficient (Wildman–Crippen LogP) is 6.79. The zero-order valence-corrected chi connectivity index (χ0v) is 20.4. The molecule has 0 saturated carbocycles. The van der Waals surface area contributed by atoms with Crippen molar-refractivity contribution in [3.63, 3.8) is 0 Å². The summed E-state index contributed by atoms with van der Waals surface area (Å²) >= 11 is 0. The van der Waals surface area contributed by atoms with Crippen molar-refractivity contribution in [1.82, 2.24) is 4.90 Å². The van der Waals surface area contributed by atoms with Gasteiger partial charge in [-0.2, -0.15) is 0 Å². The number of aryl methyl sites for hydroxylation is 1. The van der Waals surface area contributed by atoms with Crippen LogP contribution in [0.1, 0.15) is 66.7 Å². The van der Waals surface area contributed by atoms with Crippen molar-refractivity contribution in [2.45, 2.75) is 50.9 Å². The summed E-state index contributed by atoms with van der Waals surface area (Å²) in [5.74, 6) is 2.03. The van der Waals surface area contributed by atoms with Crippen LogP contribution < -0.4 is 5.32 Å². The largest absolute Gasteiger partial charge is 0.508 e. The van der Waals surface area contributed by atoms with Crippen LogP contribution in [0.5, 0.6) is 5.75 Å². The Kier molecular flexibility index (Phi) is 7.20. The number of fused-ring (bicyclic) bond motifs is 1. The highest BCUT2D eigenvalue weighted by Crippen LogP contribution is 2.47. The molecule has 3 atom stereocenters. The summed E-state index contributed by atoms with van der Waals surface area (Å²) in [6.45, 7) is 6.94. The molecule has 1 saturated heterocycles. The smallest absolute Gasteiger partial charge is 0.115 e. The van der Waals surface area contributed by atoms with Crippen LogP contribution in [0.15, 0.2) is 72.8 Å². The maximum Gasteiger partial charge on any atom is 0.115 e. The molecule has 1 aliphatic carbocycles. The first-order chi connectivity index (χ1) is 16.7. The molecular weight excluding hydrogens is 416 g/mol. The van der Waals surface area contributed by atoms with E-state index >= 15 is 0 Å². The van der Waals surface area contributed by atoms with Crippen LogP contribution in [0.4, 0.5) is 5.69 Å². The Morgan fingerprint density at radius 3 is 2.56 bits per heavy atom. The van der Waals surface area contributed by atoms with Crippen LogP contribution in [-0.2, 0) is 6.42 Å². The fraction of sp³-hybridized carbons (Fsp3) is 0.419. The molecule has 1 heterocycles. The van der Waals surface area contributed by atoms with Crippen LogP contribution >= 0.6 is 0 Å². The lowest BCUT2D eigenvalue weighted by Crippen LogP contribution is -2.27. The van der Waals surface area contributed by atoms with Gasteiger partial charge in [-0.1, -0.05) is 61.9 Å². The lowest BCUT2D eigenvalue weighted by atomic mass is 9.69. The van der Waals surface area contributed by atoms with Gasteiger partial charge in [0.15, 0.2) is 0 Å². The minimum atomic E-state index is 0.306. The third kappa shape index (κ3) is 5.15. The molecule has 34 heavy (non-hydrogen) atoms. The molecule has 0 radical (unpaired) electrons. The molecule has 2 N–H and O–H groups in total. The van der Waals surface area contributed by atoms with E-state index in [0.29, 0.717) is 17.6 Å². The molecule has 3 aromatic rings. The number of benzene rings is 3. The van der Waals surface area contributed by atoms with E-state index < -0.39 is 0 Å². The quantitative estimate of drug-likeness (QED) is 0.393. The van der Waals surface area contributed by atoms with Crippen molar-refractivity contribution in [1.29, 1.82) is 0 Å². The fourth-order valence-corrected chi connectivity index (χ4v) is 6.20. The van der Waals surface area contributed by atoms with Crippen molar-refractivity contribution in [3.05, 3.63) is 95.1 Å². The van der Waals surface area contributed by atoms with Crippen molar-refractivity contribution >= 4 is 5.69 Å². The molecule has 0 aromatic heterocycles. The van der Waals surface area contributed by atoms with E-state index in [-0.39, 0.29) is 0 Å². The van der Waals surface area contributed by atoms with E-state index in [1.54, 1.807) is 0 Å². The van der Waals surface area contributed by atoms with E-state index in [1.807, 2.05) is 12.1 Å². The molecule has 178 valence electrons. The van der Waals surface area contributed by atoms with Gasteiger partial charge in [-0.05, 0) is 90.6 Å². The lowest BCUT2D eigenvalue weighted by Gasteiger charge is -2.35. The monoisotopic (exact) mass is 454 g/mol. The SMILES string of the molecule is CCC[C@@H]1CCN(CCNc2ccc([C@@H]3c4ccc(O)cc4CC[C@@H]3c3ccccc3)cc2)C1. The Bertz CT molecular complexity index is 1060. The zero-order valence-electron chi connectivity index (χ0n) is 20.4. The lowest BCUT2D eigenvalue weighted by molar-refractivity contribution is 0.332. The van der Waals surface area contributed by atoms with Gasteiger partial charge in [0.05, 0.1) is 0 Å². The molecule has 1 fully saturated rings. The summed E-state index contributed by atoms with van der Waals surface area (Å²) in [7, 11) is 0. The Morgan fingerprint density at radius 2 is 1.76 bits per heavy atom. The summed E-state index contributed by atoms with van der Waals surface area (Å²) < 4.78 is 0. The molecule has 1 aliphatic heterocycles. The Balaban J connectivity index is 1.29. The van der Waals surface area contributed by atoms with Crippen molar-refractivity contribution < 1.29 is 5.11 Å². The van der Waals surface area contributed by atoms with Gasteiger partial charge in [0.2, 0.25) is 0 Å². The minimum absolute atomic E-state index is 0.306. The number of hydrogen-bond acceptors (Lipinski definition) is 3. The molecule has 3 aromatic carbocycles. The summed E-state index contributed by atoms with van der Waals surface area (Å²) in [5.41, 5.74) is 6.60. The molecule has 0 bridgehead atoms. The summed E-state index contributed by atoms with van der Waals surface area (Å²) in [6, 6.07) is 26.0. The second-order valence-electron chi connectivity index (χ2n) is 10.2. The van der Waals surface area contributed by atoms with Crippen LogP contribution in [0, 0.1) is 5.92 Å². The minimum Gasteiger partial charge on any atom is -0.508 e. The number of phenols is 1. The second-order valence-corrected chi connectivity index (χ2v) is 10.2. The Labute approximate surface area is 204 Å². The number of nitrogens with zero attached hydrogens (tertiary/aromatic N) is 1. The first-order valence-corrected chi connectivity index (χ1v) is 13.1. The van der Waals surface area contributed by atoms with Crippen molar-refractivity contribution in [2.75, 3.05) is 31.5 Å². The highest BCUT2D eigenvalue weighted by atomic mass is 16.3. The van der Waals surface area contributed by atoms with Gasteiger partial charge in [-0.25, -0.2) is 0 Å². The van der Waals surface area contributed by atoms with E-state index in [2.05, 4.69) is 77.8 Å². The summed E-state index contributed by atoms with van der Waals surface area (Å²) in [5, 5.41) is 13.7. The van der Waals surface area contributed by atoms with Crippen LogP contribution in [0.25, 0.3) is 0 Å². The van der Waals surface area contributed by atoms with E-state index in [4.69, 9.17) is 0 Å². The number of rotatable bonds is 8. The highest BCUT2D eigenvalue weighted by molar-refractivity contribution is 5.51. The Hall–Kier alpha value is -2.78. The maximum absolute atomic E-state index is 10.1. The number of anilines is 1. The molecule has 0 spiro atoms. The summed E-state index contributed by atoms with van der Waals surface area (Å²) in [6.07, 6.45) is 6.15. The Morgan fingerprint density at radius 1 is 0.941 bits per heavy atom. The molecule has 2 aliphatic rings. The normalized spacial score (nSPS) is 22.4. The molecule has 0 unspecified atom stereocenters. The molecule has 0 amide bonds. The van der Waals surface area contributed by atoms with Crippen LogP contribution in [0.2, 0.25) is 0 Å². The molecule has 5 rings (SSSR count). The highest BCUT2D eigenvalue weighted by Gasteiger charge is 2.32. The van der Waals surface area contributed by atoms with E-state index in [1.165, 1.54) is 60.3 Å². The third-order valence-corrected chi connectivity index (χ3v) is 7.91. The van der Waals surface area contributed by atoms with Crippen molar-refractivity contribution in [3.8, 4) is 5.75 Å².